The van der Waals surface area contributed by atoms with Crippen LogP contribution in [0.5, 0.6) is 0 Å². The fourth-order valence-corrected chi connectivity index (χ4v) is 4.49. The number of ketones is 1. The van der Waals surface area contributed by atoms with Gasteiger partial charge < -0.3 is 25.8 Å². The van der Waals surface area contributed by atoms with Crippen molar-refractivity contribution in [3.05, 3.63) is 76.3 Å². The Balaban J connectivity index is 1.67. The van der Waals surface area contributed by atoms with E-state index >= 15 is 0 Å². The minimum Gasteiger partial charge on any atom is -0.481 e. The first kappa shape index (κ1) is 32.0. The van der Waals surface area contributed by atoms with Gasteiger partial charge in [0.15, 0.2) is 12.4 Å². The third-order valence-corrected chi connectivity index (χ3v) is 6.71. The Hall–Kier alpha value is -4.48. The number of amides is 3. The molecule has 0 saturated carbocycles. The summed E-state index contributed by atoms with van der Waals surface area (Å²) < 4.78 is 4.96. The summed E-state index contributed by atoms with van der Waals surface area (Å²) in [5.74, 6) is -7.03. The van der Waals surface area contributed by atoms with Gasteiger partial charge in [0.1, 0.15) is 12.1 Å². The normalized spacial score (nSPS) is 12.2. The molecular formula is C29H27Cl2N3O8. The van der Waals surface area contributed by atoms with E-state index in [1.54, 1.807) is 38.1 Å². The monoisotopic (exact) mass is 615 g/mol. The lowest BCUT2D eigenvalue weighted by atomic mass is 10.0. The summed E-state index contributed by atoms with van der Waals surface area (Å²) in [4.78, 5) is 75.1. The topological polar surface area (TPSA) is 168 Å². The molecule has 220 valence electrons. The summed E-state index contributed by atoms with van der Waals surface area (Å²) in [5.41, 5.74) is 0.204. The van der Waals surface area contributed by atoms with Gasteiger partial charge in [0, 0.05) is 11.1 Å². The van der Waals surface area contributed by atoms with Crippen molar-refractivity contribution in [3.63, 3.8) is 0 Å². The number of ether oxygens (including phenoxy) is 1. The minimum atomic E-state index is -1.62. The lowest BCUT2D eigenvalue weighted by molar-refractivity contribution is -0.141. The molecule has 0 aliphatic rings. The van der Waals surface area contributed by atoms with E-state index in [0.29, 0.717) is 11.1 Å². The molecule has 3 rings (SSSR count). The third kappa shape index (κ3) is 8.27. The molecule has 13 heteroatoms. The quantitative estimate of drug-likeness (QED) is 0.187. The van der Waals surface area contributed by atoms with Gasteiger partial charge in [-0.1, -0.05) is 79.5 Å². The van der Waals surface area contributed by atoms with Crippen molar-refractivity contribution in [2.24, 2.45) is 5.92 Å². The Morgan fingerprint density at radius 1 is 0.833 bits per heavy atom. The van der Waals surface area contributed by atoms with Gasteiger partial charge in [-0.2, -0.15) is 0 Å². The van der Waals surface area contributed by atoms with Crippen molar-refractivity contribution in [3.8, 4) is 0 Å². The smallest absolute Gasteiger partial charge is 0.341 e. The molecule has 3 amide bonds. The number of benzene rings is 3. The Labute approximate surface area is 250 Å². The number of rotatable bonds is 11. The highest BCUT2D eigenvalue weighted by Gasteiger charge is 2.32. The first-order valence-corrected chi connectivity index (χ1v) is 13.4. The standard InChI is InChI=1S/C29H27Cl2N3O8/c1-15(2)25(34-28(40)27(39)32-20-12-5-8-16-7-3-4-9-17(16)20)26(38)33-21(13-23(36)37)22(35)14-42-29(41)24-18(30)10-6-11-19(24)31/h3-12,15,21,25H,13-14H2,1-2H3,(H,32,39)(H,33,38)(H,34,40)(H,36,37)/t21-,25-/m0/s1. The number of Topliss-reactive ketones (excluding diaryl/α,β-unsaturated/α-hetero) is 1. The van der Waals surface area contributed by atoms with Crippen LogP contribution in [0.25, 0.3) is 10.8 Å². The van der Waals surface area contributed by atoms with Gasteiger partial charge in [-0.05, 0) is 29.5 Å². The van der Waals surface area contributed by atoms with Crippen LogP contribution in [0.3, 0.4) is 0 Å². The number of esters is 1. The van der Waals surface area contributed by atoms with Crippen LogP contribution in [-0.2, 0) is 28.7 Å². The average molecular weight is 616 g/mol. The highest BCUT2D eigenvalue weighted by Crippen LogP contribution is 2.25. The highest BCUT2D eigenvalue weighted by molar-refractivity contribution is 6.40. The van der Waals surface area contributed by atoms with Crippen molar-refractivity contribution in [1.29, 1.82) is 0 Å². The fourth-order valence-electron chi connectivity index (χ4n) is 3.94. The van der Waals surface area contributed by atoms with Crippen LogP contribution in [0.15, 0.2) is 60.7 Å². The molecule has 0 heterocycles. The summed E-state index contributed by atoms with van der Waals surface area (Å²) in [7, 11) is 0. The molecule has 0 fully saturated rings. The molecule has 42 heavy (non-hydrogen) atoms. The van der Waals surface area contributed by atoms with Crippen LogP contribution in [-0.4, -0.2) is 59.2 Å². The minimum absolute atomic E-state index is 0.0182. The van der Waals surface area contributed by atoms with E-state index in [9.17, 15) is 33.9 Å². The van der Waals surface area contributed by atoms with E-state index in [4.69, 9.17) is 27.9 Å². The number of carboxylic acid groups (broad SMARTS) is 1. The van der Waals surface area contributed by atoms with Crippen LogP contribution in [0.4, 0.5) is 5.69 Å². The van der Waals surface area contributed by atoms with Crippen molar-refractivity contribution < 1.29 is 38.6 Å². The van der Waals surface area contributed by atoms with Crippen molar-refractivity contribution in [2.45, 2.75) is 32.4 Å². The molecule has 3 aromatic rings. The predicted molar refractivity (Wildman–Crippen MR) is 155 cm³/mol. The second-order valence-corrected chi connectivity index (χ2v) is 10.3. The van der Waals surface area contributed by atoms with Gasteiger partial charge in [0.05, 0.1) is 22.0 Å². The maximum Gasteiger partial charge on any atom is 0.341 e. The number of halogens is 2. The summed E-state index contributed by atoms with van der Waals surface area (Å²) in [6.45, 7) is 2.26. The molecule has 0 bridgehead atoms. The Kier molecular flexibility index (Phi) is 11.0. The average Bonchev–Trinajstić information content (AvgIpc) is 2.93. The Bertz CT molecular complexity index is 1520. The maximum atomic E-state index is 13.1. The van der Waals surface area contributed by atoms with E-state index in [2.05, 4.69) is 16.0 Å². The number of fused-ring (bicyclic) bond motifs is 1. The second-order valence-electron chi connectivity index (χ2n) is 9.47. The van der Waals surface area contributed by atoms with Gasteiger partial charge in [-0.25, -0.2) is 4.79 Å². The van der Waals surface area contributed by atoms with Gasteiger partial charge in [-0.15, -0.1) is 0 Å². The molecule has 2 atom stereocenters. The number of carbonyl (C=O) groups is 6. The number of carboxylic acids is 1. The summed E-state index contributed by atoms with van der Waals surface area (Å²) in [6, 6.07) is 13.7. The number of nitrogens with one attached hydrogen (secondary N) is 3. The van der Waals surface area contributed by atoms with Crippen LogP contribution >= 0.6 is 23.2 Å². The molecule has 0 saturated heterocycles. The first-order valence-electron chi connectivity index (χ1n) is 12.6. The maximum absolute atomic E-state index is 13.1. The van der Waals surface area contributed by atoms with E-state index in [1.807, 2.05) is 18.2 Å². The Morgan fingerprint density at radius 2 is 1.45 bits per heavy atom. The van der Waals surface area contributed by atoms with Crippen molar-refractivity contribution in [1.82, 2.24) is 10.6 Å². The summed E-state index contributed by atoms with van der Waals surface area (Å²) in [5, 5.41) is 17.9. The number of hydrogen-bond donors (Lipinski definition) is 4. The molecule has 0 aliphatic heterocycles. The number of hydrogen-bond acceptors (Lipinski definition) is 7. The largest absolute Gasteiger partial charge is 0.481 e. The van der Waals surface area contributed by atoms with Crippen molar-refractivity contribution >= 4 is 75.1 Å². The predicted octanol–water partition coefficient (Wildman–Crippen LogP) is 3.61. The second kappa shape index (κ2) is 14.4. The van der Waals surface area contributed by atoms with Gasteiger partial charge in [0.25, 0.3) is 0 Å². The number of carbonyl (C=O) groups excluding carboxylic acids is 5. The highest BCUT2D eigenvalue weighted by atomic mass is 35.5. The zero-order valence-electron chi connectivity index (χ0n) is 22.5. The summed E-state index contributed by atoms with van der Waals surface area (Å²) in [6.07, 6.45) is -0.838. The van der Waals surface area contributed by atoms with E-state index in [0.717, 1.165) is 5.39 Å². The molecule has 4 N–H and O–H groups in total. The molecule has 0 radical (unpaired) electrons. The number of anilines is 1. The first-order chi connectivity index (χ1) is 19.9. The zero-order valence-corrected chi connectivity index (χ0v) is 24.0. The SMILES string of the molecule is CC(C)[C@H](NC(=O)C(=O)Nc1cccc2ccccc12)C(=O)N[C@@H](CC(=O)O)C(=O)COC(=O)c1c(Cl)cccc1Cl. The van der Waals surface area contributed by atoms with Crippen LogP contribution in [0.2, 0.25) is 10.0 Å². The van der Waals surface area contributed by atoms with Gasteiger partial charge in [-0.3, -0.25) is 24.0 Å². The Morgan fingerprint density at radius 3 is 2.10 bits per heavy atom. The number of aliphatic carboxylic acids is 1. The molecule has 0 unspecified atom stereocenters. The van der Waals surface area contributed by atoms with E-state index < -0.39 is 66.5 Å². The summed E-state index contributed by atoms with van der Waals surface area (Å²) >= 11 is 11.9. The fraction of sp³-hybridized carbons (Fsp3) is 0.241. The van der Waals surface area contributed by atoms with Gasteiger partial charge in [0.2, 0.25) is 5.91 Å². The molecule has 11 nitrogen and oxygen atoms in total. The molecule has 0 aromatic heterocycles. The lowest BCUT2D eigenvalue weighted by Gasteiger charge is -2.24. The molecule has 0 spiro atoms. The van der Waals surface area contributed by atoms with Crippen molar-refractivity contribution in [2.75, 3.05) is 11.9 Å². The molecule has 3 aromatic carbocycles. The van der Waals surface area contributed by atoms with Gasteiger partial charge >= 0.3 is 23.8 Å². The van der Waals surface area contributed by atoms with Crippen LogP contribution in [0.1, 0.15) is 30.6 Å². The van der Waals surface area contributed by atoms with E-state index in [-0.39, 0.29) is 15.6 Å². The lowest BCUT2D eigenvalue weighted by Crippen LogP contribution is -2.56. The van der Waals surface area contributed by atoms with E-state index in [1.165, 1.54) is 18.2 Å². The van der Waals surface area contributed by atoms with Crippen LogP contribution < -0.4 is 16.0 Å². The molecular weight excluding hydrogens is 589 g/mol. The molecule has 0 aliphatic carbocycles. The van der Waals surface area contributed by atoms with Crippen LogP contribution in [0, 0.1) is 5.92 Å². The third-order valence-electron chi connectivity index (χ3n) is 6.08. The zero-order chi connectivity index (χ0) is 31.0.